The molecule has 0 saturated heterocycles. The first-order valence-electron chi connectivity index (χ1n) is 5.27. The summed E-state index contributed by atoms with van der Waals surface area (Å²) >= 11 is 8.42. The van der Waals surface area contributed by atoms with Gasteiger partial charge in [-0.25, -0.2) is 0 Å². The van der Waals surface area contributed by atoms with E-state index in [0.29, 0.717) is 5.02 Å². The van der Waals surface area contributed by atoms with Crippen molar-refractivity contribution in [1.82, 2.24) is 0 Å². The molecule has 1 nitrogen and oxygen atoms in total. The summed E-state index contributed by atoms with van der Waals surface area (Å²) in [6.07, 6.45) is 0. The minimum atomic E-state index is -1.79. The van der Waals surface area contributed by atoms with Crippen LogP contribution < -0.4 is 4.43 Å². The first-order chi connectivity index (χ1) is 7.13. The number of benzene rings is 1. The molecular formula is C12H18ClIOSi. The van der Waals surface area contributed by atoms with E-state index in [1.54, 1.807) is 0 Å². The van der Waals surface area contributed by atoms with Crippen LogP contribution in [0.15, 0.2) is 18.2 Å². The summed E-state index contributed by atoms with van der Waals surface area (Å²) < 4.78 is 7.33. The second-order valence-electron chi connectivity index (χ2n) is 5.44. The van der Waals surface area contributed by atoms with Gasteiger partial charge in [-0.15, -0.1) is 0 Å². The van der Waals surface area contributed by atoms with Gasteiger partial charge in [-0.3, -0.25) is 0 Å². The molecule has 1 rings (SSSR count). The summed E-state index contributed by atoms with van der Waals surface area (Å²) in [7, 11) is -1.79. The molecule has 0 unspecified atom stereocenters. The average molecular weight is 369 g/mol. The first-order valence-corrected chi connectivity index (χ1v) is 9.64. The van der Waals surface area contributed by atoms with Gasteiger partial charge in [-0.1, -0.05) is 32.4 Å². The van der Waals surface area contributed by atoms with Crippen molar-refractivity contribution in [2.45, 2.75) is 38.9 Å². The molecule has 0 aliphatic carbocycles. The highest BCUT2D eigenvalue weighted by molar-refractivity contribution is 14.1. The zero-order valence-corrected chi connectivity index (χ0v) is 14.3. The molecule has 0 radical (unpaired) electrons. The Morgan fingerprint density at radius 2 is 1.81 bits per heavy atom. The zero-order chi connectivity index (χ0) is 12.6. The fourth-order valence-corrected chi connectivity index (χ4v) is 2.69. The van der Waals surface area contributed by atoms with Crippen molar-refractivity contribution in [1.29, 1.82) is 0 Å². The Morgan fingerprint density at radius 1 is 1.25 bits per heavy atom. The summed E-state index contributed by atoms with van der Waals surface area (Å²) in [5.41, 5.74) is 0. The highest BCUT2D eigenvalue weighted by Gasteiger charge is 2.39. The quantitative estimate of drug-likeness (QED) is 0.506. The van der Waals surface area contributed by atoms with Crippen LogP contribution in [0.1, 0.15) is 20.8 Å². The molecule has 0 aliphatic heterocycles. The van der Waals surface area contributed by atoms with Gasteiger partial charge in [0.2, 0.25) is 0 Å². The smallest absolute Gasteiger partial charge is 0.250 e. The van der Waals surface area contributed by atoms with Crippen LogP contribution in [0.25, 0.3) is 0 Å². The van der Waals surface area contributed by atoms with Crippen LogP contribution in [-0.2, 0) is 0 Å². The lowest BCUT2D eigenvalue weighted by Crippen LogP contribution is -2.43. The van der Waals surface area contributed by atoms with Crippen molar-refractivity contribution in [2.24, 2.45) is 0 Å². The Hall–Kier alpha value is 0.257. The molecule has 0 aliphatic rings. The van der Waals surface area contributed by atoms with Crippen molar-refractivity contribution in [3.63, 3.8) is 0 Å². The minimum absolute atomic E-state index is 0.192. The van der Waals surface area contributed by atoms with E-state index in [-0.39, 0.29) is 5.04 Å². The molecule has 0 bridgehead atoms. The van der Waals surface area contributed by atoms with Crippen LogP contribution in [0.2, 0.25) is 23.2 Å². The Balaban J connectivity index is 3.01. The molecular weight excluding hydrogens is 351 g/mol. The van der Waals surface area contributed by atoms with Crippen molar-refractivity contribution in [3.05, 3.63) is 26.8 Å². The van der Waals surface area contributed by atoms with Crippen molar-refractivity contribution >= 4 is 42.5 Å². The molecule has 0 atom stereocenters. The topological polar surface area (TPSA) is 9.23 Å². The maximum Gasteiger partial charge on any atom is 0.250 e. The molecule has 1 aromatic carbocycles. The van der Waals surface area contributed by atoms with Gasteiger partial charge in [0, 0.05) is 3.57 Å². The average Bonchev–Trinajstić information content (AvgIpc) is 2.09. The van der Waals surface area contributed by atoms with Gasteiger partial charge in [0.1, 0.15) is 5.75 Å². The fourth-order valence-electron chi connectivity index (χ4n) is 0.983. The molecule has 0 heterocycles. The number of hydrogen-bond acceptors (Lipinski definition) is 1. The Kier molecular flexibility index (Phi) is 4.35. The zero-order valence-electron chi connectivity index (χ0n) is 10.4. The van der Waals surface area contributed by atoms with Crippen molar-refractivity contribution < 1.29 is 4.43 Å². The molecule has 0 saturated carbocycles. The molecule has 0 fully saturated rings. The summed E-state index contributed by atoms with van der Waals surface area (Å²) in [6.45, 7) is 11.1. The summed E-state index contributed by atoms with van der Waals surface area (Å²) in [5.74, 6) is 0.820. The Morgan fingerprint density at radius 3 is 2.31 bits per heavy atom. The van der Waals surface area contributed by atoms with E-state index >= 15 is 0 Å². The lowest BCUT2D eigenvalue weighted by molar-refractivity contribution is 0.492. The van der Waals surface area contributed by atoms with Gasteiger partial charge in [0.15, 0.2) is 0 Å². The number of halogens is 2. The van der Waals surface area contributed by atoms with Gasteiger partial charge in [-0.05, 0) is 58.9 Å². The molecule has 1 aromatic rings. The normalized spacial score (nSPS) is 12.7. The molecule has 0 aromatic heterocycles. The molecule has 4 heteroatoms. The first kappa shape index (κ1) is 14.3. The minimum Gasteiger partial charge on any atom is -0.542 e. The van der Waals surface area contributed by atoms with Gasteiger partial charge < -0.3 is 4.43 Å². The fraction of sp³-hybridized carbons (Fsp3) is 0.500. The van der Waals surface area contributed by atoms with Crippen LogP contribution in [0, 0.1) is 3.57 Å². The van der Waals surface area contributed by atoms with Crippen molar-refractivity contribution in [2.75, 3.05) is 0 Å². The summed E-state index contributed by atoms with van der Waals surface area (Å²) in [5, 5.41) is 0.891. The van der Waals surface area contributed by atoms with Gasteiger partial charge >= 0.3 is 0 Å². The van der Waals surface area contributed by atoms with E-state index in [0.717, 1.165) is 9.32 Å². The predicted octanol–water partition coefficient (Wildman–Crippen LogP) is 5.33. The van der Waals surface area contributed by atoms with E-state index < -0.39 is 8.32 Å². The van der Waals surface area contributed by atoms with Crippen LogP contribution in [0.4, 0.5) is 0 Å². The van der Waals surface area contributed by atoms with E-state index in [1.165, 1.54) is 0 Å². The third kappa shape index (κ3) is 3.37. The number of rotatable bonds is 2. The predicted molar refractivity (Wildman–Crippen MR) is 82.0 cm³/mol. The maximum absolute atomic E-state index is 6.18. The molecule has 0 spiro atoms. The lowest BCUT2D eigenvalue weighted by Gasteiger charge is -2.36. The van der Waals surface area contributed by atoms with Crippen molar-refractivity contribution in [3.8, 4) is 5.75 Å². The van der Waals surface area contributed by atoms with Gasteiger partial charge in [0.25, 0.3) is 8.32 Å². The second-order valence-corrected chi connectivity index (χ2v) is 11.8. The molecule has 0 amide bonds. The Bertz CT molecular complexity index is 385. The molecule has 16 heavy (non-hydrogen) atoms. The van der Waals surface area contributed by atoms with Crippen LogP contribution >= 0.6 is 34.2 Å². The third-order valence-electron chi connectivity index (χ3n) is 3.06. The third-order valence-corrected chi connectivity index (χ3v) is 8.39. The molecule has 90 valence electrons. The maximum atomic E-state index is 6.18. The van der Waals surface area contributed by atoms with Crippen LogP contribution in [0.5, 0.6) is 5.75 Å². The highest BCUT2D eigenvalue weighted by Crippen LogP contribution is 2.39. The lowest BCUT2D eigenvalue weighted by atomic mass is 10.2. The van der Waals surface area contributed by atoms with Gasteiger partial charge in [-0.2, -0.15) is 0 Å². The monoisotopic (exact) mass is 368 g/mol. The van der Waals surface area contributed by atoms with E-state index in [4.69, 9.17) is 16.0 Å². The largest absolute Gasteiger partial charge is 0.542 e. The van der Waals surface area contributed by atoms with E-state index in [9.17, 15) is 0 Å². The second kappa shape index (κ2) is 4.86. The molecule has 0 N–H and O–H groups in total. The van der Waals surface area contributed by atoms with E-state index in [1.807, 2.05) is 18.2 Å². The summed E-state index contributed by atoms with van der Waals surface area (Å²) in [6, 6.07) is 5.89. The SMILES string of the molecule is CC(C)(C)[Si](C)(C)Oc1cc(I)ccc1Cl. The van der Waals surface area contributed by atoms with Crippen LogP contribution in [-0.4, -0.2) is 8.32 Å². The standard InChI is InChI=1S/C12H18ClIOSi/c1-12(2,3)16(4,5)15-11-8-9(14)6-7-10(11)13/h6-8H,1-5H3. The highest BCUT2D eigenvalue weighted by atomic mass is 127. The van der Waals surface area contributed by atoms with Crippen LogP contribution in [0.3, 0.4) is 0 Å². The number of hydrogen-bond donors (Lipinski definition) is 0. The summed E-state index contributed by atoms with van der Waals surface area (Å²) in [4.78, 5) is 0. The van der Waals surface area contributed by atoms with E-state index in [2.05, 4.69) is 56.5 Å². The van der Waals surface area contributed by atoms with Gasteiger partial charge in [0.05, 0.1) is 5.02 Å². The Labute approximate surface area is 118 Å².